The Morgan fingerprint density at radius 1 is 1.03 bits per heavy atom. The summed E-state index contributed by atoms with van der Waals surface area (Å²) in [6.07, 6.45) is 0.370. The summed E-state index contributed by atoms with van der Waals surface area (Å²) in [4.78, 5) is 14.8. The number of ether oxygens (including phenoxy) is 1. The van der Waals surface area contributed by atoms with Crippen LogP contribution in [0.5, 0.6) is 5.75 Å². The molecule has 29 heavy (non-hydrogen) atoms. The summed E-state index contributed by atoms with van der Waals surface area (Å²) in [5.74, 6) is 1.65. The predicted octanol–water partition coefficient (Wildman–Crippen LogP) is 4.85. The first-order valence-corrected chi connectivity index (χ1v) is 9.91. The van der Waals surface area contributed by atoms with E-state index in [1.165, 1.54) is 0 Å². The van der Waals surface area contributed by atoms with Gasteiger partial charge in [0, 0.05) is 12.6 Å². The lowest BCUT2D eigenvalue weighted by atomic mass is 10.1. The molecule has 0 aliphatic heterocycles. The SMILES string of the molecule is Cc1noc(C)c1COc1ccc(CC(=O)N(Cc2ccccc2)C(C)C)cc1. The molecule has 3 rings (SSSR count). The standard InChI is InChI=1S/C24H28N2O3/c1-17(2)26(15-21-8-6-5-7-9-21)24(27)14-20-10-12-22(13-11-20)28-16-23-18(3)25-29-19(23)4/h5-13,17H,14-16H2,1-4H3. The van der Waals surface area contributed by atoms with Crippen molar-refractivity contribution in [2.24, 2.45) is 0 Å². The summed E-state index contributed by atoms with van der Waals surface area (Å²) in [5, 5.41) is 3.94. The van der Waals surface area contributed by atoms with E-state index in [1.54, 1.807) is 0 Å². The molecule has 0 bridgehead atoms. The third kappa shape index (κ3) is 5.47. The van der Waals surface area contributed by atoms with Crippen LogP contribution in [0.3, 0.4) is 0 Å². The molecule has 0 spiro atoms. The highest BCUT2D eigenvalue weighted by Gasteiger charge is 2.18. The van der Waals surface area contributed by atoms with Gasteiger partial charge < -0.3 is 14.2 Å². The van der Waals surface area contributed by atoms with Gasteiger partial charge in [-0.25, -0.2) is 0 Å². The highest BCUT2D eigenvalue weighted by molar-refractivity contribution is 5.79. The number of carbonyl (C=O) groups is 1. The Morgan fingerprint density at radius 2 is 1.72 bits per heavy atom. The zero-order chi connectivity index (χ0) is 20.8. The van der Waals surface area contributed by atoms with E-state index in [2.05, 4.69) is 5.16 Å². The lowest BCUT2D eigenvalue weighted by molar-refractivity contribution is -0.132. The number of carbonyl (C=O) groups excluding carboxylic acids is 1. The molecule has 0 N–H and O–H groups in total. The van der Waals surface area contributed by atoms with Gasteiger partial charge in [-0.2, -0.15) is 0 Å². The first-order valence-electron chi connectivity index (χ1n) is 9.91. The number of nitrogens with zero attached hydrogens (tertiary/aromatic N) is 2. The number of benzene rings is 2. The van der Waals surface area contributed by atoms with Crippen LogP contribution >= 0.6 is 0 Å². The van der Waals surface area contributed by atoms with Crippen LogP contribution in [-0.4, -0.2) is 22.0 Å². The third-order valence-corrected chi connectivity index (χ3v) is 4.98. The Hall–Kier alpha value is -3.08. The predicted molar refractivity (Wildman–Crippen MR) is 113 cm³/mol. The molecule has 2 aromatic carbocycles. The van der Waals surface area contributed by atoms with E-state index in [4.69, 9.17) is 9.26 Å². The molecule has 5 heteroatoms. The molecule has 1 heterocycles. The third-order valence-electron chi connectivity index (χ3n) is 4.98. The molecule has 1 aromatic heterocycles. The molecular formula is C24H28N2O3. The van der Waals surface area contributed by atoms with Gasteiger partial charge in [0.2, 0.25) is 5.91 Å². The molecule has 0 atom stereocenters. The van der Waals surface area contributed by atoms with Gasteiger partial charge >= 0.3 is 0 Å². The normalized spacial score (nSPS) is 10.9. The van der Waals surface area contributed by atoms with E-state index in [-0.39, 0.29) is 11.9 Å². The van der Waals surface area contributed by atoms with Crippen LogP contribution in [0.4, 0.5) is 0 Å². The molecule has 3 aromatic rings. The van der Waals surface area contributed by atoms with Gasteiger partial charge in [-0.3, -0.25) is 4.79 Å². The Bertz CT molecular complexity index is 911. The van der Waals surface area contributed by atoms with Crippen LogP contribution in [0.2, 0.25) is 0 Å². The fraction of sp³-hybridized carbons (Fsp3) is 0.333. The Balaban J connectivity index is 1.59. The van der Waals surface area contributed by atoms with Crippen molar-refractivity contribution < 1.29 is 14.1 Å². The number of amides is 1. The molecule has 152 valence electrons. The minimum Gasteiger partial charge on any atom is -0.489 e. The second-order valence-electron chi connectivity index (χ2n) is 7.51. The number of aromatic nitrogens is 1. The first-order chi connectivity index (χ1) is 13.9. The van der Waals surface area contributed by atoms with Crippen LogP contribution < -0.4 is 4.74 Å². The Kier molecular flexibility index (Phi) is 6.70. The maximum Gasteiger partial charge on any atom is 0.227 e. The fourth-order valence-electron chi connectivity index (χ4n) is 3.18. The second-order valence-corrected chi connectivity index (χ2v) is 7.51. The van der Waals surface area contributed by atoms with E-state index in [0.717, 1.165) is 33.9 Å². The topological polar surface area (TPSA) is 55.6 Å². The lowest BCUT2D eigenvalue weighted by Gasteiger charge is -2.27. The van der Waals surface area contributed by atoms with Gasteiger partial charge in [0.05, 0.1) is 17.7 Å². The van der Waals surface area contributed by atoms with Gasteiger partial charge in [-0.05, 0) is 51.0 Å². The molecule has 0 aliphatic rings. The van der Waals surface area contributed by atoms with Crippen molar-refractivity contribution in [3.63, 3.8) is 0 Å². The van der Waals surface area contributed by atoms with Crippen LogP contribution in [0.25, 0.3) is 0 Å². The maximum absolute atomic E-state index is 12.9. The van der Waals surface area contributed by atoms with Gasteiger partial charge in [-0.1, -0.05) is 47.6 Å². The minimum atomic E-state index is 0.119. The Morgan fingerprint density at radius 3 is 2.31 bits per heavy atom. The molecule has 1 amide bonds. The summed E-state index contributed by atoms with van der Waals surface area (Å²) in [5.41, 5.74) is 3.92. The van der Waals surface area contributed by atoms with Crippen molar-refractivity contribution in [2.75, 3.05) is 0 Å². The van der Waals surface area contributed by atoms with E-state index in [1.807, 2.05) is 87.2 Å². The molecule has 0 fully saturated rings. The molecule has 0 saturated heterocycles. The smallest absolute Gasteiger partial charge is 0.227 e. The molecule has 5 nitrogen and oxygen atoms in total. The van der Waals surface area contributed by atoms with Gasteiger partial charge in [0.25, 0.3) is 0 Å². The second kappa shape index (κ2) is 9.41. The zero-order valence-corrected chi connectivity index (χ0v) is 17.5. The molecule has 0 saturated carbocycles. The monoisotopic (exact) mass is 392 g/mol. The van der Waals surface area contributed by atoms with Crippen LogP contribution in [0, 0.1) is 13.8 Å². The van der Waals surface area contributed by atoms with Crippen molar-refractivity contribution in [2.45, 2.75) is 53.3 Å². The first kappa shape index (κ1) is 20.6. The van der Waals surface area contributed by atoms with E-state index in [9.17, 15) is 4.79 Å². The highest BCUT2D eigenvalue weighted by Crippen LogP contribution is 2.19. The molecule has 0 aliphatic carbocycles. The largest absolute Gasteiger partial charge is 0.489 e. The summed E-state index contributed by atoms with van der Waals surface area (Å²) in [6, 6.07) is 17.9. The van der Waals surface area contributed by atoms with Gasteiger partial charge in [0.1, 0.15) is 18.1 Å². The summed E-state index contributed by atoms with van der Waals surface area (Å²) >= 11 is 0. The van der Waals surface area contributed by atoms with E-state index >= 15 is 0 Å². The van der Waals surface area contributed by atoms with Crippen molar-refractivity contribution in [3.05, 3.63) is 82.7 Å². The molecular weight excluding hydrogens is 364 g/mol. The summed E-state index contributed by atoms with van der Waals surface area (Å²) < 4.78 is 11.0. The van der Waals surface area contributed by atoms with E-state index in [0.29, 0.717) is 19.6 Å². The molecule has 0 radical (unpaired) electrons. The van der Waals surface area contributed by atoms with Crippen molar-refractivity contribution in [3.8, 4) is 5.75 Å². The molecule has 0 unspecified atom stereocenters. The average molecular weight is 392 g/mol. The lowest BCUT2D eigenvalue weighted by Crippen LogP contribution is -2.37. The highest BCUT2D eigenvalue weighted by atomic mass is 16.5. The summed E-state index contributed by atoms with van der Waals surface area (Å²) in [6.45, 7) is 8.91. The quantitative estimate of drug-likeness (QED) is 0.550. The number of aryl methyl sites for hydroxylation is 2. The Labute approximate surface area is 172 Å². The maximum atomic E-state index is 12.9. The van der Waals surface area contributed by atoms with E-state index < -0.39 is 0 Å². The van der Waals surface area contributed by atoms with Crippen LogP contribution in [0.15, 0.2) is 59.1 Å². The minimum absolute atomic E-state index is 0.119. The number of hydrogen-bond donors (Lipinski definition) is 0. The number of hydrogen-bond acceptors (Lipinski definition) is 4. The van der Waals surface area contributed by atoms with Crippen molar-refractivity contribution in [1.29, 1.82) is 0 Å². The van der Waals surface area contributed by atoms with Gasteiger partial charge in [-0.15, -0.1) is 0 Å². The van der Waals surface area contributed by atoms with Crippen LogP contribution in [-0.2, 0) is 24.4 Å². The van der Waals surface area contributed by atoms with Crippen molar-refractivity contribution in [1.82, 2.24) is 10.1 Å². The number of rotatable bonds is 8. The van der Waals surface area contributed by atoms with Gasteiger partial charge in [0.15, 0.2) is 0 Å². The van der Waals surface area contributed by atoms with Crippen molar-refractivity contribution >= 4 is 5.91 Å². The zero-order valence-electron chi connectivity index (χ0n) is 17.5. The average Bonchev–Trinajstić information content (AvgIpc) is 3.03. The fourth-order valence-corrected chi connectivity index (χ4v) is 3.18. The summed E-state index contributed by atoms with van der Waals surface area (Å²) in [7, 11) is 0. The van der Waals surface area contributed by atoms with Crippen LogP contribution in [0.1, 0.15) is 42.0 Å².